The molecule has 1 aliphatic rings. The summed E-state index contributed by atoms with van der Waals surface area (Å²) in [7, 11) is 1.50. The van der Waals surface area contributed by atoms with Gasteiger partial charge in [0.1, 0.15) is 11.5 Å². The fraction of sp³-hybridized carbons (Fsp3) is 0.176. The van der Waals surface area contributed by atoms with Crippen LogP contribution in [0.4, 0.5) is 5.69 Å². The van der Waals surface area contributed by atoms with Crippen LogP contribution in [0.5, 0.6) is 11.5 Å². The molecule has 24 heavy (non-hydrogen) atoms. The molecule has 2 amide bonds. The number of para-hydroxylation sites is 3. The second kappa shape index (κ2) is 6.59. The summed E-state index contributed by atoms with van der Waals surface area (Å²) in [5.74, 6) is 5.33. The summed E-state index contributed by atoms with van der Waals surface area (Å²) in [6.45, 7) is 0.0525. The van der Waals surface area contributed by atoms with Crippen LogP contribution >= 0.6 is 0 Å². The van der Waals surface area contributed by atoms with Gasteiger partial charge in [0.25, 0.3) is 11.8 Å². The molecule has 0 saturated carbocycles. The van der Waals surface area contributed by atoms with Gasteiger partial charge in [0.15, 0.2) is 6.10 Å². The Morgan fingerprint density at radius 3 is 2.67 bits per heavy atom. The second-order valence-electron chi connectivity index (χ2n) is 5.20. The van der Waals surface area contributed by atoms with E-state index in [2.05, 4.69) is 5.43 Å². The standard InChI is InChI=1S/C17H17N3O4/c1-23-13-8-4-2-6-11(13)17(22)20-10-15(16(21)19-18)24-14-9-5-3-7-12(14)20/h2-9,15H,10,18H2,1H3,(H,19,21)/t15-/m0/s1. The summed E-state index contributed by atoms with van der Waals surface area (Å²) < 4.78 is 10.9. The van der Waals surface area contributed by atoms with Crippen molar-refractivity contribution in [2.24, 2.45) is 5.84 Å². The summed E-state index contributed by atoms with van der Waals surface area (Å²) >= 11 is 0. The minimum Gasteiger partial charge on any atom is -0.496 e. The summed E-state index contributed by atoms with van der Waals surface area (Å²) in [6.07, 6.45) is -0.886. The maximum absolute atomic E-state index is 13.0. The molecule has 1 aliphatic heterocycles. The lowest BCUT2D eigenvalue weighted by molar-refractivity contribution is -0.127. The lowest BCUT2D eigenvalue weighted by Gasteiger charge is -2.34. The first kappa shape index (κ1) is 15.8. The maximum Gasteiger partial charge on any atom is 0.276 e. The highest BCUT2D eigenvalue weighted by atomic mass is 16.5. The second-order valence-corrected chi connectivity index (χ2v) is 5.20. The summed E-state index contributed by atoms with van der Waals surface area (Å²) in [6, 6.07) is 14.0. The molecule has 3 N–H and O–H groups in total. The van der Waals surface area contributed by atoms with Gasteiger partial charge >= 0.3 is 0 Å². The van der Waals surface area contributed by atoms with Gasteiger partial charge in [0, 0.05) is 0 Å². The average Bonchev–Trinajstić information content (AvgIpc) is 2.65. The number of hydrogen-bond acceptors (Lipinski definition) is 5. The molecule has 1 heterocycles. The van der Waals surface area contributed by atoms with Gasteiger partial charge in [-0.1, -0.05) is 24.3 Å². The van der Waals surface area contributed by atoms with Crippen molar-refractivity contribution in [2.45, 2.75) is 6.10 Å². The van der Waals surface area contributed by atoms with E-state index in [9.17, 15) is 9.59 Å². The smallest absolute Gasteiger partial charge is 0.276 e. The van der Waals surface area contributed by atoms with Gasteiger partial charge in [-0.3, -0.25) is 15.0 Å². The van der Waals surface area contributed by atoms with E-state index in [4.69, 9.17) is 15.3 Å². The van der Waals surface area contributed by atoms with Crippen molar-refractivity contribution in [1.82, 2.24) is 5.43 Å². The molecule has 3 rings (SSSR count). The molecule has 0 saturated heterocycles. The number of methoxy groups -OCH3 is 1. The number of nitrogens with two attached hydrogens (primary N) is 1. The number of benzene rings is 2. The first-order chi connectivity index (χ1) is 11.7. The number of carbonyl (C=O) groups is 2. The minimum absolute atomic E-state index is 0.0525. The molecule has 7 heteroatoms. The molecule has 2 aromatic carbocycles. The van der Waals surface area contributed by atoms with Gasteiger partial charge in [-0.05, 0) is 24.3 Å². The number of nitrogens with one attached hydrogen (secondary N) is 1. The highest BCUT2D eigenvalue weighted by Gasteiger charge is 2.34. The Morgan fingerprint density at radius 1 is 1.21 bits per heavy atom. The van der Waals surface area contributed by atoms with Gasteiger partial charge in [-0.25, -0.2) is 5.84 Å². The van der Waals surface area contributed by atoms with Gasteiger partial charge in [-0.15, -0.1) is 0 Å². The van der Waals surface area contributed by atoms with Crippen LogP contribution < -0.4 is 25.6 Å². The third kappa shape index (κ3) is 2.77. The Kier molecular flexibility index (Phi) is 4.35. The monoisotopic (exact) mass is 327 g/mol. The normalized spacial score (nSPS) is 15.9. The molecular formula is C17H17N3O4. The van der Waals surface area contributed by atoms with E-state index in [0.717, 1.165) is 0 Å². The van der Waals surface area contributed by atoms with Gasteiger partial charge in [-0.2, -0.15) is 0 Å². The van der Waals surface area contributed by atoms with E-state index in [0.29, 0.717) is 22.7 Å². The fourth-order valence-electron chi connectivity index (χ4n) is 2.62. The zero-order valence-corrected chi connectivity index (χ0v) is 13.1. The van der Waals surface area contributed by atoms with Crippen LogP contribution in [-0.2, 0) is 4.79 Å². The third-order valence-electron chi connectivity index (χ3n) is 3.79. The van der Waals surface area contributed by atoms with Crippen LogP contribution in [0.1, 0.15) is 10.4 Å². The molecule has 124 valence electrons. The van der Waals surface area contributed by atoms with Crippen LogP contribution in [0, 0.1) is 0 Å². The zero-order valence-electron chi connectivity index (χ0n) is 13.1. The van der Waals surface area contributed by atoms with E-state index in [1.54, 1.807) is 48.5 Å². The van der Waals surface area contributed by atoms with E-state index < -0.39 is 12.0 Å². The van der Waals surface area contributed by atoms with Crippen molar-refractivity contribution in [2.75, 3.05) is 18.6 Å². The quantitative estimate of drug-likeness (QED) is 0.500. The Labute approximate surface area is 138 Å². The Hall–Kier alpha value is -3.06. The summed E-state index contributed by atoms with van der Waals surface area (Å²) in [5.41, 5.74) is 3.06. The maximum atomic E-state index is 13.0. The van der Waals surface area contributed by atoms with Crippen LogP contribution in [-0.4, -0.2) is 31.6 Å². The molecule has 0 bridgehead atoms. The van der Waals surface area contributed by atoms with E-state index >= 15 is 0 Å². The van der Waals surface area contributed by atoms with Gasteiger partial charge in [0.2, 0.25) is 0 Å². The largest absolute Gasteiger partial charge is 0.496 e. The number of anilines is 1. The SMILES string of the molecule is COc1ccccc1C(=O)N1C[C@@H](C(=O)NN)Oc2ccccc21. The number of carbonyl (C=O) groups excluding carboxylic acids is 2. The molecule has 0 unspecified atom stereocenters. The first-order valence-electron chi connectivity index (χ1n) is 7.36. The van der Waals surface area contributed by atoms with Crippen molar-refractivity contribution >= 4 is 17.5 Å². The van der Waals surface area contributed by atoms with Crippen LogP contribution in [0.3, 0.4) is 0 Å². The molecule has 0 radical (unpaired) electrons. The Bertz CT molecular complexity index is 778. The molecular weight excluding hydrogens is 310 g/mol. The Balaban J connectivity index is 2.02. The van der Waals surface area contributed by atoms with E-state index in [1.165, 1.54) is 12.0 Å². The van der Waals surface area contributed by atoms with E-state index in [1.807, 2.05) is 0 Å². The lowest BCUT2D eigenvalue weighted by Crippen LogP contribution is -2.52. The van der Waals surface area contributed by atoms with Crippen LogP contribution in [0.25, 0.3) is 0 Å². The molecule has 0 aromatic heterocycles. The lowest BCUT2D eigenvalue weighted by atomic mass is 10.1. The predicted octanol–water partition coefficient (Wildman–Crippen LogP) is 1.09. The number of rotatable bonds is 3. The van der Waals surface area contributed by atoms with Crippen molar-refractivity contribution in [3.8, 4) is 11.5 Å². The average molecular weight is 327 g/mol. The minimum atomic E-state index is -0.886. The molecule has 2 aromatic rings. The van der Waals surface area contributed by atoms with Crippen LogP contribution in [0.15, 0.2) is 48.5 Å². The van der Waals surface area contributed by atoms with E-state index in [-0.39, 0.29) is 12.5 Å². The molecule has 0 aliphatic carbocycles. The summed E-state index contributed by atoms with van der Waals surface area (Å²) in [4.78, 5) is 26.4. The topological polar surface area (TPSA) is 93.9 Å². The highest BCUT2D eigenvalue weighted by molar-refractivity contribution is 6.09. The predicted molar refractivity (Wildman–Crippen MR) is 87.9 cm³/mol. The van der Waals surface area contributed by atoms with Gasteiger partial charge < -0.3 is 14.4 Å². The van der Waals surface area contributed by atoms with Crippen molar-refractivity contribution < 1.29 is 19.1 Å². The number of nitrogens with zero attached hydrogens (tertiary/aromatic N) is 1. The number of hydrogen-bond donors (Lipinski definition) is 2. The fourth-order valence-corrected chi connectivity index (χ4v) is 2.62. The third-order valence-corrected chi connectivity index (χ3v) is 3.79. The molecule has 7 nitrogen and oxygen atoms in total. The van der Waals surface area contributed by atoms with Gasteiger partial charge in [0.05, 0.1) is 24.9 Å². The van der Waals surface area contributed by atoms with Crippen molar-refractivity contribution in [1.29, 1.82) is 0 Å². The Morgan fingerprint density at radius 2 is 1.92 bits per heavy atom. The zero-order chi connectivity index (χ0) is 17.1. The number of ether oxygens (including phenoxy) is 2. The molecule has 1 atom stereocenters. The van der Waals surface area contributed by atoms with Crippen molar-refractivity contribution in [3.63, 3.8) is 0 Å². The highest BCUT2D eigenvalue weighted by Crippen LogP contribution is 2.35. The summed E-state index contributed by atoms with van der Waals surface area (Å²) in [5, 5.41) is 0. The first-order valence-corrected chi connectivity index (χ1v) is 7.36. The number of amides is 2. The number of fused-ring (bicyclic) bond motifs is 1. The number of hydrazine groups is 1. The molecule has 0 spiro atoms. The molecule has 0 fully saturated rings. The van der Waals surface area contributed by atoms with Crippen LogP contribution in [0.2, 0.25) is 0 Å². The van der Waals surface area contributed by atoms with Crippen molar-refractivity contribution in [3.05, 3.63) is 54.1 Å².